The first-order chi connectivity index (χ1) is 9.65. The van der Waals surface area contributed by atoms with Crippen molar-refractivity contribution in [2.45, 2.75) is 20.0 Å². The molecule has 1 aromatic heterocycles. The normalized spacial score (nSPS) is 10.0. The van der Waals surface area contributed by atoms with Crippen molar-refractivity contribution in [3.63, 3.8) is 0 Å². The maximum Gasteiger partial charge on any atom is 0.271 e. The third-order valence-electron chi connectivity index (χ3n) is 2.92. The second kappa shape index (κ2) is 5.89. The third kappa shape index (κ3) is 2.78. The summed E-state index contributed by atoms with van der Waals surface area (Å²) in [7, 11) is 0. The van der Waals surface area contributed by atoms with Gasteiger partial charge in [0.2, 0.25) is 0 Å². The van der Waals surface area contributed by atoms with Crippen LogP contribution >= 0.6 is 0 Å². The first-order valence-electron chi connectivity index (χ1n) is 6.24. The molecule has 1 amide bonds. The highest BCUT2D eigenvalue weighted by Gasteiger charge is 2.15. The van der Waals surface area contributed by atoms with E-state index in [0.717, 1.165) is 5.56 Å². The number of amides is 1. The largest absolute Gasteiger partial charge is 0.396 e. The van der Waals surface area contributed by atoms with Crippen LogP contribution in [0.5, 0.6) is 0 Å². The van der Waals surface area contributed by atoms with Crippen molar-refractivity contribution in [2.24, 2.45) is 0 Å². The summed E-state index contributed by atoms with van der Waals surface area (Å²) in [5, 5.41) is 15.5. The van der Waals surface area contributed by atoms with Crippen molar-refractivity contribution in [1.29, 1.82) is 5.26 Å². The number of nitrogen functional groups attached to an aromatic ring is 1. The van der Waals surface area contributed by atoms with E-state index >= 15 is 0 Å². The van der Waals surface area contributed by atoms with E-state index in [9.17, 15) is 4.79 Å². The van der Waals surface area contributed by atoms with E-state index < -0.39 is 0 Å². The predicted octanol–water partition coefficient (Wildman–Crippen LogP) is 1.29. The van der Waals surface area contributed by atoms with Crippen molar-refractivity contribution in [3.05, 3.63) is 47.3 Å². The minimum absolute atomic E-state index is 0.258. The van der Waals surface area contributed by atoms with Crippen LogP contribution in [-0.2, 0) is 13.1 Å². The molecule has 2 aromatic rings. The number of aryl methyl sites for hydroxylation is 1. The summed E-state index contributed by atoms with van der Waals surface area (Å²) in [6.45, 7) is 2.85. The van der Waals surface area contributed by atoms with Crippen molar-refractivity contribution < 1.29 is 4.79 Å². The molecule has 0 aliphatic rings. The molecule has 2 rings (SSSR count). The summed E-state index contributed by atoms with van der Waals surface area (Å²) in [6, 6.07) is 9.09. The van der Waals surface area contributed by atoms with E-state index in [1.54, 1.807) is 28.9 Å². The summed E-state index contributed by atoms with van der Waals surface area (Å²) in [5.74, 6) is -0.258. The molecular formula is C14H15N5O. The van der Waals surface area contributed by atoms with Gasteiger partial charge in [0.05, 0.1) is 23.5 Å². The fourth-order valence-electron chi connectivity index (χ4n) is 1.85. The van der Waals surface area contributed by atoms with Gasteiger partial charge in [-0.2, -0.15) is 10.4 Å². The molecule has 102 valence electrons. The van der Waals surface area contributed by atoms with Crippen LogP contribution in [0.4, 0.5) is 5.69 Å². The average molecular weight is 269 g/mol. The third-order valence-corrected chi connectivity index (χ3v) is 2.92. The van der Waals surface area contributed by atoms with Gasteiger partial charge in [0, 0.05) is 13.1 Å². The Morgan fingerprint density at radius 1 is 1.45 bits per heavy atom. The quantitative estimate of drug-likeness (QED) is 0.873. The summed E-state index contributed by atoms with van der Waals surface area (Å²) in [6.07, 6.45) is 1.47. The van der Waals surface area contributed by atoms with Crippen LogP contribution in [0, 0.1) is 11.3 Å². The summed E-state index contributed by atoms with van der Waals surface area (Å²) >= 11 is 0. The lowest BCUT2D eigenvalue weighted by atomic mass is 10.1. The monoisotopic (exact) mass is 269 g/mol. The average Bonchev–Trinajstić information content (AvgIpc) is 2.86. The number of carbonyl (C=O) groups excluding carboxylic acids is 1. The molecule has 20 heavy (non-hydrogen) atoms. The van der Waals surface area contributed by atoms with Crippen LogP contribution in [-0.4, -0.2) is 15.7 Å². The zero-order valence-electron chi connectivity index (χ0n) is 11.1. The standard InChI is InChI=1S/C14H15N5O/c1-2-19-13(12(16)9-18-19)14(20)17-8-11-5-3-10(7-15)4-6-11/h3-6,9H,2,8,16H2,1H3,(H,17,20). The first kappa shape index (κ1) is 13.6. The Balaban J connectivity index is 2.05. The maximum absolute atomic E-state index is 12.1. The Bertz CT molecular complexity index is 651. The number of carbonyl (C=O) groups is 1. The number of anilines is 1. The fraction of sp³-hybridized carbons (Fsp3) is 0.214. The number of aromatic nitrogens is 2. The van der Waals surface area contributed by atoms with Crippen LogP contribution in [0.3, 0.4) is 0 Å². The molecule has 1 aromatic carbocycles. The van der Waals surface area contributed by atoms with E-state index in [1.807, 2.05) is 13.0 Å². The van der Waals surface area contributed by atoms with Crippen molar-refractivity contribution in [1.82, 2.24) is 15.1 Å². The molecular weight excluding hydrogens is 254 g/mol. The van der Waals surface area contributed by atoms with Crippen LogP contribution in [0.25, 0.3) is 0 Å². The lowest BCUT2D eigenvalue weighted by molar-refractivity contribution is 0.0941. The van der Waals surface area contributed by atoms with Gasteiger partial charge in [-0.15, -0.1) is 0 Å². The Morgan fingerprint density at radius 2 is 2.15 bits per heavy atom. The van der Waals surface area contributed by atoms with Gasteiger partial charge in [-0.25, -0.2) is 0 Å². The smallest absolute Gasteiger partial charge is 0.271 e. The Hall–Kier alpha value is -2.81. The van der Waals surface area contributed by atoms with Gasteiger partial charge in [0.1, 0.15) is 5.69 Å². The fourth-order valence-corrected chi connectivity index (χ4v) is 1.85. The summed E-state index contributed by atoms with van der Waals surface area (Å²) in [4.78, 5) is 12.1. The topological polar surface area (TPSA) is 96.7 Å². The highest BCUT2D eigenvalue weighted by Crippen LogP contribution is 2.11. The lowest BCUT2D eigenvalue weighted by Crippen LogP contribution is -2.26. The Labute approximate surface area is 116 Å². The molecule has 3 N–H and O–H groups in total. The maximum atomic E-state index is 12.1. The SMILES string of the molecule is CCn1ncc(N)c1C(=O)NCc1ccc(C#N)cc1. The van der Waals surface area contributed by atoms with E-state index in [4.69, 9.17) is 11.0 Å². The van der Waals surface area contributed by atoms with Gasteiger partial charge in [-0.05, 0) is 24.6 Å². The second-order valence-electron chi connectivity index (χ2n) is 4.26. The molecule has 0 radical (unpaired) electrons. The van der Waals surface area contributed by atoms with E-state index in [-0.39, 0.29) is 5.91 Å². The zero-order valence-corrected chi connectivity index (χ0v) is 11.1. The Kier molecular flexibility index (Phi) is 4.01. The molecule has 0 unspecified atom stereocenters. The van der Waals surface area contributed by atoms with Crippen molar-refractivity contribution in [2.75, 3.05) is 5.73 Å². The first-order valence-corrected chi connectivity index (χ1v) is 6.24. The molecule has 0 bridgehead atoms. The number of benzene rings is 1. The van der Waals surface area contributed by atoms with Gasteiger partial charge in [-0.1, -0.05) is 12.1 Å². The minimum Gasteiger partial charge on any atom is -0.396 e. The highest BCUT2D eigenvalue weighted by atomic mass is 16.2. The van der Waals surface area contributed by atoms with Crippen LogP contribution in [0.15, 0.2) is 30.5 Å². The highest BCUT2D eigenvalue weighted by molar-refractivity contribution is 5.97. The molecule has 0 spiro atoms. The van der Waals surface area contributed by atoms with Crippen LogP contribution in [0.1, 0.15) is 28.5 Å². The van der Waals surface area contributed by atoms with Gasteiger partial charge in [0.15, 0.2) is 0 Å². The Morgan fingerprint density at radius 3 is 2.75 bits per heavy atom. The van der Waals surface area contributed by atoms with E-state index in [2.05, 4.69) is 10.4 Å². The number of nitrogens with one attached hydrogen (secondary N) is 1. The summed E-state index contributed by atoms with van der Waals surface area (Å²) in [5.41, 5.74) is 7.99. The number of nitriles is 1. The zero-order chi connectivity index (χ0) is 14.5. The molecule has 0 saturated carbocycles. The molecule has 0 saturated heterocycles. The van der Waals surface area contributed by atoms with Gasteiger partial charge in [0.25, 0.3) is 5.91 Å². The number of rotatable bonds is 4. The summed E-state index contributed by atoms with van der Waals surface area (Å²) < 4.78 is 1.56. The van der Waals surface area contributed by atoms with E-state index in [1.165, 1.54) is 6.20 Å². The molecule has 1 heterocycles. The van der Waals surface area contributed by atoms with Gasteiger partial charge < -0.3 is 11.1 Å². The van der Waals surface area contributed by atoms with E-state index in [0.29, 0.717) is 30.0 Å². The van der Waals surface area contributed by atoms with Gasteiger partial charge in [-0.3, -0.25) is 9.48 Å². The van der Waals surface area contributed by atoms with Crippen LogP contribution < -0.4 is 11.1 Å². The van der Waals surface area contributed by atoms with Crippen molar-refractivity contribution in [3.8, 4) is 6.07 Å². The molecule has 6 nitrogen and oxygen atoms in total. The lowest BCUT2D eigenvalue weighted by Gasteiger charge is -2.08. The molecule has 0 atom stereocenters. The molecule has 0 aliphatic heterocycles. The number of nitrogens with zero attached hydrogens (tertiary/aromatic N) is 3. The minimum atomic E-state index is -0.258. The number of hydrogen-bond donors (Lipinski definition) is 2. The van der Waals surface area contributed by atoms with Crippen molar-refractivity contribution >= 4 is 11.6 Å². The molecule has 0 fully saturated rings. The predicted molar refractivity (Wildman–Crippen MR) is 74.6 cm³/mol. The second-order valence-corrected chi connectivity index (χ2v) is 4.26. The van der Waals surface area contributed by atoms with Gasteiger partial charge >= 0.3 is 0 Å². The number of hydrogen-bond acceptors (Lipinski definition) is 4. The number of nitrogens with two attached hydrogens (primary N) is 1. The molecule has 0 aliphatic carbocycles. The molecule has 6 heteroatoms. The van der Waals surface area contributed by atoms with Crippen LogP contribution in [0.2, 0.25) is 0 Å².